The number of aromatic nitrogens is 4. The SMILES string of the molecule is Cc1cc([C@H](C(=O)N2C[C@H](O)C[C@H]2C(=O)N[C@@H](C)c2ccc(-c3scnc3C(=O)NCCCCOCCN3CCC(c4ccc5c(c4)-n4c(nc(=O)c6c(Cl)cccc64)C5(C)C)CC3)cc2)C(C)C)on1. The lowest BCUT2D eigenvalue weighted by Gasteiger charge is -2.32. The summed E-state index contributed by atoms with van der Waals surface area (Å²) in [4.78, 5) is 67.4. The molecule has 2 fully saturated rings. The summed E-state index contributed by atoms with van der Waals surface area (Å²) in [5.74, 6) is 0.0440. The first-order valence-corrected chi connectivity index (χ1v) is 26.1. The van der Waals surface area contributed by atoms with Crippen molar-refractivity contribution in [3.8, 4) is 16.1 Å². The van der Waals surface area contributed by atoms with E-state index in [1.807, 2.05) is 57.2 Å². The molecule has 3 amide bonds. The van der Waals surface area contributed by atoms with Gasteiger partial charge in [0.1, 0.15) is 29.2 Å². The number of aliphatic hydroxyl groups excluding tert-OH is 1. The number of aryl methyl sites for hydroxylation is 1. The van der Waals surface area contributed by atoms with Crippen LogP contribution in [0.2, 0.25) is 5.02 Å². The molecule has 0 unspecified atom stereocenters. The molecule has 17 heteroatoms. The molecule has 4 atom stereocenters. The van der Waals surface area contributed by atoms with Gasteiger partial charge >= 0.3 is 0 Å². The predicted octanol–water partition coefficient (Wildman–Crippen LogP) is 8.08. The smallest absolute Gasteiger partial charge is 0.282 e. The molecule has 0 saturated carbocycles. The molecule has 0 spiro atoms. The zero-order chi connectivity index (χ0) is 50.1. The Morgan fingerprint density at radius 1 is 1.01 bits per heavy atom. The average Bonchev–Trinajstić information content (AvgIpc) is 4.15. The molecule has 3 aromatic heterocycles. The fourth-order valence-electron chi connectivity index (χ4n) is 10.6. The standard InChI is InChI=1S/C54H63ClN8O7S/c1-31(2)45(44-26-32(3)60-70-44)52(68)62-29-38(64)28-43(62)49(65)58-33(4)34-12-14-36(15-13-34)48-47(57-30-71-48)51(67)56-20-7-8-24-69-25-23-61-21-18-35(19-22-61)37-16-17-39-42(27-37)63-41-11-9-10-40(55)46(41)50(66)59-53(63)54(39,5)6/h9-17,26-27,30-31,33,35,38,43,45,64H,7-8,18-25,28-29H2,1-6H3,(H,56,67)(H,58,65)/t33-,38+,43-,45+/m0/s1. The maximum atomic E-state index is 13.8. The number of rotatable bonds is 17. The van der Waals surface area contributed by atoms with Gasteiger partial charge in [-0.3, -0.25) is 23.7 Å². The Labute approximate surface area is 422 Å². The fraction of sp³-hybridized carbons (Fsp3) is 0.463. The molecule has 2 saturated heterocycles. The molecule has 3 aliphatic heterocycles. The van der Waals surface area contributed by atoms with E-state index >= 15 is 0 Å². The van der Waals surface area contributed by atoms with E-state index in [-0.39, 0.29) is 48.2 Å². The number of aliphatic hydroxyl groups is 1. The number of β-amino-alcohol motifs (C(OH)–C–C–N with tert-alkyl or cyclic N) is 1. The van der Waals surface area contributed by atoms with Gasteiger partial charge in [0.15, 0.2) is 0 Å². The molecule has 374 valence electrons. The van der Waals surface area contributed by atoms with Crippen molar-refractivity contribution in [2.24, 2.45) is 5.92 Å². The number of nitrogens with one attached hydrogen (secondary N) is 2. The average molecular weight is 1000 g/mol. The highest BCUT2D eigenvalue weighted by Gasteiger charge is 2.44. The van der Waals surface area contributed by atoms with Crippen molar-refractivity contribution in [1.29, 1.82) is 0 Å². The molecule has 6 aromatic rings. The number of fused-ring (bicyclic) bond motifs is 5. The van der Waals surface area contributed by atoms with Crippen molar-refractivity contribution in [3.05, 3.63) is 127 Å². The summed E-state index contributed by atoms with van der Waals surface area (Å²) in [6.45, 7) is 16.5. The van der Waals surface area contributed by atoms with E-state index in [1.54, 1.807) is 24.6 Å². The Kier molecular flexibility index (Phi) is 14.9. The molecule has 3 aliphatic rings. The minimum Gasteiger partial charge on any atom is -0.391 e. The molecular weight excluding hydrogens is 940 g/mol. The molecule has 9 rings (SSSR count). The molecule has 15 nitrogen and oxygen atoms in total. The summed E-state index contributed by atoms with van der Waals surface area (Å²) in [5.41, 5.74) is 8.03. The number of nitrogens with zero attached hydrogens (tertiary/aromatic N) is 6. The van der Waals surface area contributed by atoms with E-state index < -0.39 is 23.5 Å². The van der Waals surface area contributed by atoms with Gasteiger partial charge in [0.25, 0.3) is 11.5 Å². The first-order chi connectivity index (χ1) is 34.1. The largest absolute Gasteiger partial charge is 0.391 e. The van der Waals surface area contributed by atoms with Crippen LogP contribution in [0.25, 0.3) is 27.0 Å². The van der Waals surface area contributed by atoms with Gasteiger partial charge in [-0.1, -0.05) is 73.1 Å². The van der Waals surface area contributed by atoms with Crippen LogP contribution >= 0.6 is 22.9 Å². The lowest BCUT2D eigenvalue weighted by Crippen LogP contribution is -2.48. The fourth-order valence-corrected chi connectivity index (χ4v) is 11.6. The number of hydrogen-bond donors (Lipinski definition) is 3. The van der Waals surface area contributed by atoms with Gasteiger partial charge in [-0.15, -0.1) is 11.3 Å². The summed E-state index contributed by atoms with van der Waals surface area (Å²) >= 11 is 7.90. The summed E-state index contributed by atoms with van der Waals surface area (Å²) in [7, 11) is 0. The number of carbonyl (C=O) groups excluding carboxylic acids is 3. The molecule has 0 bridgehead atoms. The number of benzene rings is 3. The van der Waals surface area contributed by atoms with Gasteiger partial charge in [0.2, 0.25) is 11.8 Å². The number of carbonyl (C=O) groups is 3. The minimum atomic E-state index is -0.828. The topological polar surface area (TPSA) is 185 Å². The Hall–Kier alpha value is -5.78. The first kappa shape index (κ1) is 50.2. The molecule has 3 N–H and O–H groups in total. The Morgan fingerprint density at radius 3 is 2.52 bits per heavy atom. The maximum Gasteiger partial charge on any atom is 0.282 e. The van der Waals surface area contributed by atoms with Crippen LogP contribution in [-0.2, 0) is 19.7 Å². The van der Waals surface area contributed by atoms with Gasteiger partial charge in [0.05, 0.1) is 61.9 Å². The molecule has 0 aliphatic carbocycles. The third kappa shape index (κ3) is 10.3. The van der Waals surface area contributed by atoms with E-state index in [2.05, 4.69) is 67.3 Å². The van der Waals surface area contributed by atoms with Crippen molar-refractivity contribution in [2.75, 3.05) is 45.9 Å². The highest BCUT2D eigenvalue weighted by Crippen LogP contribution is 2.45. The van der Waals surface area contributed by atoms with Crippen LogP contribution in [0.5, 0.6) is 0 Å². The lowest BCUT2D eigenvalue weighted by atomic mass is 9.83. The van der Waals surface area contributed by atoms with E-state index in [0.717, 1.165) is 83.9 Å². The third-order valence-electron chi connectivity index (χ3n) is 14.5. The number of halogens is 1. The molecule has 3 aromatic carbocycles. The second-order valence-corrected chi connectivity index (χ2v) is 21.4. The third-order valence-corrected chi connectivity index (χ3v) is 15.7. The van der Waals surface area contributed by atoms with E-state index in [0.29, 0.717) is 53.2 Å². The Morgan fingerprint density at radius 2 is 1.79 bits per heavy atom. The van der Waals surface area contributed by atoms with Gasteiger partial charge < -0.3 is 34.8 Å². The minimum absolute atomic E-state index is 0.0627. The van der Waals surface area contributed by atoms with Crippen LogP contribution in [0.3, 0.4) is 0 Å². The van der Waals surface area contributed by atoms with Crippen molar-refractivity contribution >= 4 is 51.6 Å². The van der Waals surface area contributed by atoms with Crippen LogP contribution in [0.1, 0.15) is 129 Å². The van der Waals surface area contributed by atoms with Crippen LogP contribution < -0.4 is 16.2 Å². The first-order valence-electron chi connectivity index (χ1n) is 24.8. The number of hydrogen-bond acceptors (Lipinski definition) is 12. The van der Waals surface area contributed by atoms with Gasteiger partial charge in [0, 0.05) is 38.7 Å². The van der Waals surface area contributed by atoms with Crippen molar-refractivity contribution in [3.63, 3.8) is 0 Å². The number of amides is 3. The van der Waals surface area contributed by atoms with Gasteiger partial charge in [-0.05, 0) is 119 Å². The second-order valence-electron chi connectivity index (χ2n) is 20.2. The van der Waals surface area contributed by atoms with Gasteiger partial charge in [-0.2, -0.15) is 4.98 Å². The molecule has 0 radical (unpaired) electrons. The number of thiazole rings is 1. The maximum absolute atomic E-state index is 13.8. The van der Waals surface area contributed by atoms with Crippen LogP contribution in [0, 0.1) is 12.8 Å². The summed E-state index contributed by atoms with van der Waals surface area (Å²) in [5, 5.41) is 21.5. The normalized spacial score (nSPS) is 18.7. The number of ether oxygens (including phenoxy) is 1. The Bertz CT molecular complexity index is 2980. The van der Waals surface area contributed by atoms with E-state index in [9.17, 15) is 24.3 Å². The summed E-state index contributed by atoms with van der Waals surface area (Å²) < 4.78 is 13.6. The zero-order valence-electron chi connectivity index (χ0n) is 41.2. The van der Waals surface area contributed by atoms with Crippen molar-refractivity contribution in [1.82, 2.24) is 40.1 Å². The number of piperidine rings is 1. The monoisotopic (exact) mass is 1000 g/mol. The van der Waals surface area contributed by atoms with Crippen LogP contribution in [-0.4, -0.2) is 110 Å². The lowest BCUT2D eigenvalue weighted by molar-refractivity contribution is -0.141. The molecule has 71 heavy (non-hydrogen) atoms. The van der Waals surface area contributed by atoms with Crippen LogP contribution in [0.4, 0.5) is 0 Å². The predicted molar refractivity (Wildman–Crippen MR) is 274 cm³/mol. The van der Waals surface area contributed by atoms with E-state index in [1.165, 1.54) is 21.8 Å². The van der Waals surface area contributed by atoms with Crippen LogP contribution in [0.15, 0.2) is 81.6 Å². The number of likely N-dealkylation sites (tertiary alicyclic amines) is 2. The molecular formula is C54H63ClN8O7S. The van der Waals surface area contributed by atoms with Crippen molar-refractivity contribution < 1.29 is 28.8 Å². The summed E-state index contributed by atoms with van der Waals surface area (Å²) in [6, 6.07) is 20.5. The zero-order valence-corrected chi connectivity index (χ0v) is 42.8. The highest BCUT2D eigenvalue weighted by atomic mass is 35.5. The molecule has 6 heterocycles. The summed E-state index contributed by atoms with van der Waals surface area (Å²) in [6.07, 6.45) is 3.03. The second kappa shape index (κ2) is 21.1. The van der Waals surface area contributed by atoms with E-state index in [4.69, 9.17) is 20.9 Å². The number of unbranched alkanes of at least 4 members (excludes halogenated alkanes) is 1. The quantitative estimate of drug-likeness (QED) is 0.0751. The van der Waals surface area contributed by atoms with Crippen molar-refractivity contribution in [2.45, 2.75) is 109 Å². The van der Waals surface area contributed by atoms with Gasteiger partial charge in [-0.25, -0.2) is 4.98 Å². The Balaban J connectivity index is 0.691. The highest BCUT2D eigenvalue weighted by molar-refractivity contribution is 7.13.